The molecule has 1 saturated heterocycles. The number of aliphatic imine (C=N–C) groups is 1. The number of likely N-dealkylation sites (tertiary alicyclic amines) is 1. The highest BCUT2D eigenvalue weighted by Gasteiger charge is 2.16. The van der Waals surface area contributed by atoms with Gasteiger partial charge >= 0.3 is 0 Å². The van der Waals surface area contributed by atoms with Crippen molar-refractivity contribution < 1.29 is 9.47 Å². The summed E-state index contributed by atoms with van der Waals surface area (Å²) in [6.45, 7) is 16.9. The Hall–Kier alpha value is -2.57. The maximum Gasteiger partial charge on any atom is 0.186 e. The third kappa shape index (κ3) is 7.89. The molecule has 170 valence electrons. The van der Waals surface area contributed by atoms with Crippen LogP contribution >= 0.6 is 0 Å². The van der Waals surface area contributed by atoms with Crippen LogP contribution in [0.2, 0.25) is 0 Å². The SMILES string of the molecule is C=C(/C=C(\N=C(/C)OCCCOCCN)N1CCCC1)C(=C)c1cc(C)ccc1NC. The molecule has 31 heavy (non-hydrogen) atoms. The number of benzene rings is 1. The molecule has 1 aromatic carbocycles. The van der Waals surface area contributed by atoms with E-state index in [1.54, 1.807) is 0 Å². The molecule has 0 spiro atoms. The molecule has 1 heterocycles. The Morgan fingerprint density at radius 2 is 1.97 bits per heavy atom. The van der Waals surface area contributed by atoms with Crippen molar-refractivity contribution in [2.75, 3.05) is 51.8 Å². The van der Waals surface area contributed by atoms with E-state index >= 15 is 0 Å². The fourth-order valence-electron chi connectivity index (χ4n) is 3.44. The minimum atomic E-state index is 0.541. The second-order valence-corrected chi connectivity index (χ2v) is 7.73. The zero-order chi connectivity index (χ0) is 22.6. The predicted molar refractivity (Wildman–Crippen MR) is 131 cm³/mol. The maximum atomic E-state index is 5.80. The van der Waals surface area contributed by atoms with Gasteiger partial charge in [-0.1, -0.05) is 24.8 Å². The highest BCUT2D eigenvalue weighted by Crippen LogP contribution is 2.30. The standard InChI is InChI=1S/C25H38N4O2/c1-19-9-10-24(27-5)23(17-19)21(3)20(2)18-25(29-12-6-7-13-29)28-22(4)31-15-8-14-30-16-11-26/h9-10,17-18,27H,2-3,6-8,11-16,26H2,1,4-5H3/b25-18+,28-22+. The Morgan fingerprint density at radius 3 is 2.65 bits per heavy atom. The molecule has 2 rings (SSSR count). The molecular weight excluding hydrogens is 388 g/mol. The number of hydrogen-bond donors (Lipinski definition) is 2. The largest absolute Gasteiger partial charge is 0.481 e. The molecule has 0 aliphatic carbocycles. The van der Waals surface area contributed by atoms with E-state index in [1.165, 1.54) is 18.4 Å². The van der Waals surface area contributed by atoms with Gasteiger partial charge in [-0.25, -0.2) is 4.99 Å². The Balaban J connectivity index is 2.12. The summed E-state index contributed by atoms with van der Waals surface area (Å²) in [6.07, 6.45) is 5.16. The Labute approximate surface area is 187 Å². The first-order valence-electron chi connectivity index (χ1n) is 11.1. The molecule has 1 fully saturated rings. The van der Waals surface area contributed by atoms with E-state index in [-0.39, 0.29) is 0 Å². The second-order valence-electron chi connectivity index (χ2n) is 7.73. The number of allylic oxidation sites excluding steroid dienone is 3. The van der Waals surface area contributed by atoms with E-state index < -0.39 is 0 Å². The summed E-state index contributed by atoms with van der Waals surface area (Å²) in [4.78, 5) is 7.05. The quantitative estimate of drug-likeness (QED) is 0.225. The van der Waals surface area contributed by atoms with Crippen LogP contribution in [0.5, 0.6) is 0 Å². The molecule has 0 amide bonds. The number of aryl methyl sites for hydroxylation is 1. The molecule has 0 radical (unpaired) electrons. The van der Waals surface area contributed by atoms with Crippen molar-refractivity contribution in [1.29, 1.82) is 0 Å². The van der Waals surface area contributed by atoms with Gasteiger partial charge in [-0.15, -0.1) is 0 Å². The highest BCUT2D eigenvalue weighted by atomic mass is 16.5. The highest BCUT2D eigenvalue weighted by molar-refractivity contribution is 5.86. The van der Waals surface area contributed by atoms with Crippen molar-refractivity contribution in [2.24, 2.45) is 10.7 Å². The summed E-state index contributed by atoms with van der Waals surface area (Å²) in [6, 6.07) is 6.29. The monoisotopic (exact) mass is 426 g/mol. The van der Waals surface area contributed by atoms with Crippen molar-refractivity contribution in [3.8, 4) is 0 Å². The minimum Gasteiger partial charge on any atom is -0.481 e. The average Bonchev–Trinajstić information content (AvgIpc) is 3.30. The van der Waals surface area contributed by atoms with E-state index in [2.05, 4.69) is 48.5 Å². The Kier molecular flexibility index (Phi) is 10.3. The Bertz CT molecular complexity index is 808. The van der Waals surface area contributed by atoms with Crippen LogP contribution in [-0.2, 0) is 9.47 Å². The van der Waals surface area contributed by atoms with Gasteiger partial charge in [0.05, 0.1) is 13.2 Å². The third-order valence-electron chi connectivity index (χ3n) is 5.17. The zero-order valence-corrected chi connectivity index (χ0v) is 19.4. The van der Waals surface area contributed by atoms with Gasteiger partial charge in [0.2, 0.25) is 0 Å². The number of hydrogen-bond acceptors (Lipinski definition) is 6. The average molecular weight is 427 g/mol. The molecule has 6 heteroatoms. The second kappa shape index (κ2) is 13.0. The van der Waals surface area contributed by atoms with Crippen LogP contribution in [0.1, 0.15) is 37.3 Å². The van der Waals surface area contributed by atoms with Crippen LogP contribution in [0, 0.1) is 6.92 Å². The fraction of sp³-hybridized carbons (Fsp3) is 0.480. The van der Waals surface area contributed by atoms with Gasteiger partial charge in [-0.3, -0.25) is 0 Å². The van der Waals surface area contributed by atoms with Crippen molar-refractivity contribution in [3.05, 3.63) is 60.0 Å². The lowest BCUT2D eigenvalue weighted by atomic mass is 9.97. The summed E-state index contributed by atoms with van der Waals surface area (Å²) in [7, 11) is 1.92. The molecule has 0 unspecified atom stereocenters. The molecule has 3 N–H and O–H groups in total. The van der Waals surface area contributed by atoms with Crippen LogP contribution in [0.15, 0.2) is 53.8 Å². The zero-order valence-electron chi connectivity index (χ0n) is 19.4. The number of anilines is 1. The van der Waals surface area contributed by atoms with Gasteiger partial charge < -0.3 is 25.4 Å². The summed E-state index contributed by atoms with van der Waals surface area (Å²) in [5.74, 6) is 1.51. The van der Waals surface area contributed by atoms with E-state index in [1.807, 2.05) is 20.0 Å². The molecule has 1 aliphatic rings. The predicted octanol–water partition coefficient (Wildman–Crippen LogP) is 4.34. The molecule has 6 nitrogen and oxygen atoms in total. The van der Waals surface area contributed by atoms with Crippen LogP contribution in [0.3, 0.4) is 0 Å². The summed E-state index contributed by atoms with van der Waals surface area (Å²) >= 11 is 0. The van der Waals surface area contributed by atoms with Crippen LogP contribution in [0.4, 0.5) is 5.69 Å². The maximum absolute atomic E-state index is 5.80. The number of nitrogens with two attached hydrogens (primary N) is 1. The first-order chi connectivity index (χ1) is 15.0. The number of rotatable bonds is 12. The van der Waals surface area contributed by atoms with Crippen molar-refractivity contribution >= 4 is 17.2 Å². The van der Waals surface area contributed by atoms with Crippen molar-refractivity contribution in [3.63, 3.8) is 0 Å². The van der Waals surface area contributed by atoms with E-state index in [4.69, 9.17) is 20.2 Å². The summed E-state index contributed by atoms with van der Waals surface area (Å²) in [5, 5.41) is 3.24. The van der Waals surface area contributed by atoms with E-state index in [0.717, 1.165) is 47.7 Å². The smallest absolute Gasteiger partial charge is 0.186 e. The summed E-state index contributed by atoms with van der Waals surface area (Å²) < 4.78 is 11.2. The fourth-order valence-corrected chi connectivity index (χ4v) is 3.44. The van der Waals surface area contributed by atoms with Gasteiger partial charge in [0.1, 0.15) is 5.82 Å². The Morgan fingerprint density at radius 1 is 1.23 bits per heavy atom. The minimum absolute atomic E-state index is 0.541. The number of nitrogens with zero attached hydrogens (tertiary/aromatic N) is 2. The molecule has 1 aromatic rings. The van der Waals surface area contributed by atoms with Gasteiger partial charge in [0.25, 0.3) is 0 Å². The first-order valence-corrected chi connectivity index (χ1v) is 11.1. The summed E-state index contributed by atoms with van der Waals surface area (Å²) in [5.41, 5.74) is 10.4. The van der Waals surface area contributed by atoms with Gasteiger partial charge in [-0.2, -0.15) is 0 Å². The molecule has 0 aromatic heterocycles. The van der Waals surface area contributed by atoms with Gasteiger partial charge in [-0.05, 0) is 49.1 Å². The third-order valence-corrected chi connectivity index (χ3v) is 5.17. The van der Waals surface area contributed by atoms with Crippen LogP contribution in [-0.4, -0.2) is 57.3 Å². The van der Waals surface area contributed by atoms with E-state index in [9.17, 15) is 0 Å². The van der Waals surface area contributed by atoms with Gasteiger partial charge in [0, 0.05) is 57.9 Å². The van der Waals surface area contributed by atoms with Crippen molar-refractivity contribution in [2.45, 2.75) is 33.1 Å². The van der Waals surface area contributed by atoms with Crippen LogP contribution in [0.25, 0.3) is 5.57 Å². The lowest BCUT2D eigenvalue weighted by molar-refractivity contribution is 0.124. The van der Waals surface area contributed by atoms with Crippen LogP contribution < -0.4 is 11.1 Å². The van der Waals surface area contributed by atoms with Gasteiger partial charge in [0.15, 0.2) is 5.90 Å². The molecular formula is C25H38N4O2. The lowest BCUT2D eigenvalue weighted by Crippen LogP contribution is -2.19. The normalized spacial score (nSPS) is 14.6. The van der Waals surface area contributed by atoms with E-state index in [0.29, 0.717) is 32.3 Å². The molecule has 1 aliphatic heterocycles. The number of nitrogens with one attached hydrogen (secondary N) is 1. The van der Waals surface area contributed by atoms with Crippen molar-refractivity contribution in [1.82, 2.24) is 4.90 Å². The molecule has 0 bridgehead atoms. The molecule has 0 saturated carbocycles. The topological polar surface area (TPSA) is 72.1 Å². The first kappa shape index (κ1) is 24.7. The lowest BCUT2D eigenvalue weighted by Gasteiger charge is -2.20. The number of ether oxygens (including phenoxy) is 2. The molecule has 0 atom stereocenters.